The zero-order valence-corrected chi connectivity index (χ0v) is 12.6. The summed E-state index contributed by atoms with van der Waals surface area (Å²) in [6, 6.07) is 4.19. The fraction of sp³-hybridized carbons (Fsp3) is 0. The van der Waals surface area contributed by atoms with E-state index < -0.39 is 23.0 Å². The second-order valence-corrected chi connectivity index (χ2v) is 5.07. The minimum atomic E-state index is -1.16. The summed E-state index contributed by atoms with van der Waals surface area (Å²) in [5, 5.41) is 6.86. The summed E-state index contributed by atoms with van der Waals surface area (Å²) >= 11 is 12.0. The molecule has 0 radical (unpaired) electrons. The molecule has 2 heterocycles. The molecule has 2 aromatic heterocycles. The van der Waals surface area contributed by atoms with Gasteiger partial charge in [0.25, 0.3) is 0 Å². The van der Waals surface area contributed by atoms with Gasteiger partial charge in [-0.1, -0.05) is 23.2 Å². The van der Waals surface area contributed by atoms with Crippen molar-refractivity contribution >= 4 is 23.2 Å². The molecule has 0 bridgehead atoms. The van der Waals surface area contributed by atoms with Crippen LogP contribution in [0.2, 0.25) is 10.3 Å². The summed E-state index contributed by atoms with van der Waals surface area (Å²) in [5.74, 6) is -3.35. The molecule has 0 aliphatic heterocycles. The first-order valence-electron chi connectivity index (χ1n) is 6.13. The topological polar surface area (TPSA) is 51.6 Å². The van der Waals surface area contributed by atoms with E-state index in [2.05, 4.69) is 20.2 Å². The van der Waals surface area contributed by atoms with Gasteiger partial charge in [-0.15, -0.1) is 5.10 Å². The number of nitrogens with zero attached hydrogens (tertiary/aromatic N) is 4. The Morgan fingerprint density at radius 1 is 0.870 bits per heavy atom. The molecule has 0 aliphatic carbocycles. The second-order valence-electron chi connectivity index (χ2n) is 4.36. The standard InChI is InChI=1S/C14H5Cl2F3N4/c15-12-11(10-7(18)4-6(17)5-8(10)19)13(16)22-14(21-12)9-2-1-3-20-23-9/h1-5H. The third-order valence-electron chi connectivity index (χ3n) is 2.88. The van der Waals surface area contributed by atoms with Crippen molar-refractivity contribution in [2.45, 2.75) is 0 Å². The van der Waals surface area contributed by atoms with Crippen molar-refractivity contribution in [3.63, 3.8) is 0 Å². The SMILES string of the molecule is Fc1cc(F)c(-c2c(Cl)nc(-c3cccnn3)nc2Cl)c(F)c1. The molecule has 9 heteroatoms. The highest BCUT2D eigenvalue weighted by atomic mass is 35.5. The molecular formula is C14H5Cl2F3N4. The van der Waals surface area contributed by atoms with E-state index in [4.69, 9.17) is 23.2 Å². The molecule has 0 N–H and O–H groups in total. The van der Waals surface area contributed by atoms with E-state index in [1.54, 1.807) is 12.1 Å². The van der Waals surface area contributed by atoms with Gasteiger partial charge in [0.15, 0.2) is 5.82 Å². The molecule has 4 nitrogen and oxygen atoms in total. The maximum absolute atomic E-state index is 13.9. The van der Waals surface area contributed by atoms with E-state index in [1.807, 2.05) is 0 Å². The normalized spacial score (nSPS) is 10.8. The van der Waals surface area contributed by atoms with Gasteiger partial charge >= 0.3 is 0 Å². The van der Waals surface area contributed by atoms with Gasteiger partial charge in [-0.2, -0.15) is 5.10 Å². The Bertz CT molecular complexity index is 844. The Hall–Kier alpha value is -2.25. The molecule has 0 saturated heterocycles. The van der Waals surface area contributed by atoms with E-state index in [0.717, 1.165) is 0 Å². The number of hydrogen-bond donors (Lipinski definition) is 0. The monoisotopic (exact) mass is 356 g/mol. The number of hydrogen-bond acceptors (Lipinski definition) is 4. The fourth-order valence-corrected chi connectivity index (χ4v) is 2.51. The summed E-state index contributed by atoms with van der Waals surface area (Å²) in [6.07, 6.45) is 1.45. The summed E-state index contributed by atoms with van der Waals surface area (Å²) in [6.45, 7) is 0. The van der Waals surface area contributed by atoms with Crippen molar-refractivity contribution in [2.75, 3.05) is 0 Å². The Kier molecular flexibility index (Phi) is 4.14. The van der Waals surface area contributed by atoms with Crippen molar-refractivity contribution < 1.29 is 13.2 Å². The van der Waals surface area contributed by atoms with Crippen LogP contribution in [0.5, 0.6) is 0 Å². The van der Waals surface area contributed by atoms with Crippen LogP contribution in [-0.2, 0) is 0 Å². The first-order chi connectivity index (χ1) is 11.0. The lowest BCUT2D eigenvalue weighted by atomic mass is 10.1. The van der Waals surface area contributed by atoms with Crippen LogP contribution in [0.3, 0.4) is 0 Å². The van der Waals surface area contributed by atoms with Gasteiger partial charge in [0.1, 0.15) is 33.5 Å². The molecule has 23 heavy (non-hydrogen) atoms. The van der Waals surface area contributed by atoms with Crippen molar-refractivity contribution in [2.24, 2.45) is 0 Å². The molecule has 3 aromatic rings. The van der Waals surface area contributed by atoms with E-state index in [-0.39, 0.29) is 27.4 Å². The van der Waals surface area contributed by atoms with Gasteiger partial charge in [-0.05, 0) is 12.1 Å². The van der Waals surface area contributed by atoms with Crippen LogP contribution in [0.1, 0.15) is 0 Å². The highest BCUT2D eigenvalue weighted by Crippen LogP contribution is 2.37. The maximum Gasteiger partial charge on any atom is 0.182 e. The average molecular weight is 357 g/mol. The quantitative estimate of drug-likeness (QED) is 0.641. The Labute approximate surface area is 137 Å². The highest BCUT2D eigenvalue weighted by molar-refractivity contribution is 6.37. The third-order valence-corrected chi connectivity index (χ3v) is 3.43. The first kappa shape index (κ1) is 15.6. The fourth-order valence-electron chi connectivity index (χ4n) is 1.93. The van der Waals surface area contributed by atoms with Crippen LogP contribution in [0.4, 0.5) is 13.2 Å². The van der Waals surface area contributed by atoms with Gasteiger partial charge in [0, 0.05) is 18.3 Å². The smallest absolute Gasteiger partial charge is 0.182 e. The molecule has 3 rings (SSSR count). The lowest BCUT2D eigenvalue weighted by molar-refractivity contribution is 0.548. The highest BCUT2D eigenvalue weighted by Gasteiger charge is 2.22. The van der Waals surface area contributed by atoms with Crippen molar-refractivity contribution in [3.05, 3.63) is 58.2 Å². The predicted molar refractivity (Wildman–Crippen MR) is 78.4 cm³/mol. The van der Waals surface area contributed by atoms with Crippen LogP contribution in [-0.4, -0.2) is 20.2 Å². The number of benzene rings is 1. The molecule has 0 saturated carbocycles. The minimum Gasteiger partial charge on any atom is -0.214 e. The zero-order valence-electron chi connectivity index (χ0n) is 11.1. The third kappa shape index (κ3) is 2.97. The van der Waals surface area contributed by atoms with E-state index in [0.29, 0.717) is 12.1 Å². The van der Waals surface area contributed by atoms with Crippen LogP contribution < -0.4 is 0 Å². The molecule has 0 aliphatic rings. The maximum atomic E-state index is 13.9. The minimum absolute atomic E-state index is 0.0415. The van der Waals surface area contributed by atoms with Crippen LogP contribution in [0, 0.1) is 17.5 Å². The van der Waals surface area contributed by atoms with Crippen LogP contribution >= 0.6 is 23.2 Å². The molecule has 1 aromatic carbocycles. The predicted octanol–water partition coefficient (Wildman–Crippen LogP) is 4.32. The van der Waals surface area contributed by atoms with Gasteiger partial charge in [0.05, 0.1) is 11.1 Å². The van der Waals surface area contributed by atoms with Crippen molar-refractivity contribution in [1.82, 2.24) is 20.2 Å². The van der Waals surface area contributed by atoms with Gasteiger partial charge in [-0.25, -0.2) is 23.1 Å². The van der Waals surface area contributed by atoms with Crippen molar-refractivity contribution in [1.29, 1.82) is 0 Å². The van der Waals surface area contributed by atoms with Gasteiger partial charge in [0.2, 0.25) is 0 Å². The number of aromatic nitrogens is 4. The lowest BCUT2D eigenvalue weighted by Gasteiger charge is -2.10. The Balaban J connectivity index is 2.20. The Morgan fingerprint density at radius 2 is 1.48 bits per heavy atom. The first-order valence-corrected chi connectivity index (χ1v) is 6.89. The van der Waals surface area contributed by atoms with Crippen molar-refractivity contribution in [3.8, 4) is 22.6 Å². The molecule has 0 fully saturated rings. The number of halogens is 5. The lowest BCUT2D eigenvalue weighted by Crippen LogP contribution is -2.00. The molecule has 0 amide bonds. The molecule has 0 atom stereocenters. The van der Waals surface area contributed by atoms with E-state index in [1.165, 1.54) is 6.20 Å². The summed E-state index contributed by atoms with van der Waals surface area (Å²) < 4.78 is 40.8. The van der Waals surface area contributed by atoms with Crippen LogP contribution in [0.15, 0.2) is 30.5 Å². The molecular weight excluding hydrogens is 352 g/mol. The Morgan fingerprint density at radius 3 is 2.00 bits per heavy atom. The molecule has 0 spiro atoms. The number of rotatable bonds is 2. The van der Waals surface area contributed by atoms with E-state index in [9.17, 15) is 13.2 Å². The average Bonchev–Trinajstić information content (AvgIpc) is 2.49. The molecule has 0 unspecified atom stereocenters. The molecule has 116 valence electrons. The zero-order chi connectivity index (χ0) is 16.6. The largest absolute Gasteiger partial charge is 0.214 e. The van der Waals surface area contributed by atoms with Gasteiger partial charge < -0.3 is 0 Å². The van der Waals surface area contributed by atoms with Crippen LogP contribution in [0.25, 0.3) is 22.6 Å². The second kappa shape index (κ2) is 6.10. The van der Waals surface area contributed by atoms with E-state index >= 15 is 0 Å². The summed E-state index contributed by atoms with van der Waals surface area (Å²) in [4.78, 5) is 7.85. The summed E-state index contributed by atoms with van der Waals surface area (Å²) in [7, 11) is 0. The van der Waals surface area contributed by atoms with Gasteiger partial charge in [-0.3, -0.25) is 0 Å². The summed E-state index contributed by atoms with van der Waals surface area (Å²) in [5.41, 5.74) is -0.592.